The molecular formula is C13H24N2. The molecule has 3 rings (SSSR count). The van der Waals surface area contributed by atoms with Gasteiger partial charge in [-0.05, 0) is 44.1 Å². The maximum Gasteiger partial charge on any atom is 0.0264 e. The van der Waals surface area contributed by atoms with E-state index in [0.717, 1.165) is 30.0 Å². The van der Waals surface area contributed by atoms with E-state index in [1.54, 1.807) is 0 Å². The first-order chi connectivity index (χ1) is 7.25. The van der Waals surface area contributed by atoms with Gasteiger partial charge in [0, 0.05) is 24.7 Å². The van der Waals surface area contributed by atoms with Crippen molar-refractivity contribution in [1.82, 2.24) is 10.2 Å². The van der Waals surface area contributed by atoms with Crippen LogP contribution in [-0.2, 0) is 0 Å². The van der Waals surface area contributed by atoms with Crippen LogP contribution in [0.25, 0.3) is 0 Å². The Hall–Kier alpha value is -0.0800. The molecule has 0 bridgehead atoms. The average Bonchev–Trinajstić information content (AvgIpc) is 2.82. The highest BCUT2D eigenvalue weighted by molar-refractivity contribution is 5.05. The molecule has 0 spiro atoms. The highest BCUT2D eigenvalue weighted by Gasteiger charge is 2.48. The second-order valence-corrected chi connectivity index (χ2v) is 6.15. The molecule has 0 aromatic rings. The van der Waals surface area contributed by atoms with Gasteiger partial charge in [0.05, 0.1) is 0 Å². The molecule has 3 aliphatic rings. The van der Waals surface area contributed by atoms with Gasteiger partial charge in [-0.25, -0.2) is 0 Å². The standard InChI is InChI=1S/C13H24N2/c1-9(2)7-12-13-10(5-6-14-13)8-15(12)11-3-4-11/h9-14H,3-8H2,1-2H3. The maximum atomic E-state index is 3.74. The van der Waals surface area contributed by atoms with Crippen LogP contribution >= 0.6 is 0 Å². The summed E-state index contributed by atoms with van der Waals surface area (Å²) in [6.07, 6.45) is 5.75. The molecule has 1 aliphatic carbocycles. The van der Waals surface area contributed by atoms with Gasteiger partial charge < -0.3 is 5.32 Å². The number of rotatable bonds is 3. The zero-order chi connectivity index (χ0) is 10.4. The van der Waals surface area contributed by atoms with Gasteiger partial charge in [0.1, 0.15) is 0 Å². The number of nitrogens with one attached hydrogen (secondary N) is 1. The molecule has 2 aliphatic heterocycles. The third-order valence-electron chi connectivity index (χ3n) is 4.42. The Kier molecular flexibility index (Phi) is 2.52. The first kappa shape index (κ1) is 10.1. The molecule has 86 valence electrons. The Labute approximate surface area is 93.4 Å². The van der Waals surface area contributed by atoms with Crippen molar-refractivity contribution < 1.29 is 0 Å². The number of hydrogen-bond donors (Lipinski definition) is 1. The Balaban J connectivity index is 1.72. The third-order valence-corrected chi connectivity index (χ3v) is 4.42. The van der Waals surface area contributed by atoms with Gasteiger partial charge in [-0.3, -0.25) is 4.90 Å². The predicted molar refractivity (Wildman–Crippen MR) is 62.9 cm³/mol. The van der Waals surface area contributed by atoms with Crippen LogP contribution in [0.5, 0.6) is 0 Å². The van der Waals surface area contributed by atoms with E-state index in [-0.39, 0.29) is 0 Å². The first-order valence-corrected chi connectivity index (χ1v) is 6.75. The molecule has 1 saturated carbocycles. The maximum absolute atomic E-state index is 3.74. The quantitative estimate of drug-likeness (QED) is 0.761. The van der Waals surface area contributed by atoms with Crippen LogP contribution in [0.3, 0.4) is 0 Å². The summed E-state index contributed by atoms with van der Waals surface area (Å²) >= 11 is 0. The fraction of sp³-hybridized carbons (Fsp3) is 1.00. The molecule has 15 heavy (non-hydrogen) atoms. The Morgan fingerprint density at radius 3 is 2.73 bits per heavy atom. The molecule has 3 unspecified atom stereocenters. The van der Waals surface area contributed by atoms with Gasteiger partial charge in [-0.2, -0.15) is 0 Å². The van der Waals surface area contributed by atoms with E-state index in [1.165, 1.54) is 38.8 Å². The lowest BCUT2D eigenvalue weighted by Gasteiger charge is -2.29. The summed E-state index contributed by atoms with van der Waals surface area (Å²) < 4.78 is 0. The molecule has 1 N–H and O–H groups in total. The van der Waals surface area contributed by atoms with Gasteiger partial charge in [0.15, 0.2) is 0 Å². The topological polar surface area (TPSA) is 15.3 Å². The van der Waals surface area contributed by atoms with E-state index in [9.17, 15) is 0 Å². The summed E-state index contributed by atoms with van der Waals surface area (Å²) in [5.41, 5.74) is 0. The van der Waals surface area contributed by atoms with E-state index in [4.69, 9.17) is 0 Å². The monoisotopic (exact) mass is 208 g/mol. The van der Waals surface area contributed by atoms with Gasteiger partial charge in [-0.15, -0.1) is 0 Å². The number of nitrogens with zero attached hydrogens (tertiary/aromatic N) is 1. The zero-order valence-corrected chi connectivity index (χ0v) is 10.1. The summed E-state index contributed by atoms with van der Waals surface area (Å²) in [6, 6.07) is 2.64. The van der Waals surface area contributed by atoms with Gasteiger partial charge in [0.25, 0.3) is 0 Å². The van der Waals surface area contributed by atoms with E-state index in [1.807, 2.05) is 0 Å². The third kappa shape index (κ3) is 1.83. The summed E-state index contributed by atoms with van der Waals surface area (Å²) in [6.45, 7) is 7.39. The van der Waals surface area contributed by atoms with E-state index < -0.39 is 0 Å². The van der Waals surface area contributed by atoms with Crippen molar-refractivity contribution in [2.75, 3.05) is 13.1 Å². The molecule has 0 aromatic carbocycles. The van der Waals surface area contributed by atoms with E-state index in [2.05, 4.69) is 24.1 Å². The predicted octanol–water partition coefficient (Wildman–Crippen LogP) is 1.86. The van der Waals surface area contributed by atoms with Crippen LogP contribution in [0.1, 0.15) is 39.5 Å². The molecule has 0 radical (unpaired) electrons. The summed E-state index contributed by atoms with van der Waals surface area (Å²) in [5.74, 6) is 1.81. The van der Waals surface area contributed by atoms with Crippen LogP contribution in [-0.4, -0.2) is 36.1 Å². The summed E-state index contributed by atoms with van der Waals surface area (Å²) in [7, 11) is 0. The van der Waals surface area contributed by atoms with Gasteiger partial charge >= 0.3 is 0 Å². The molecule has 3 atom stereocenters. The van der Waals surface area contributed by atoms with Gasteiger partial charge in [0.2, 0.25) is 0 Å². The minimum absolute atomic E-state index is 0.827. The van der Waals surface area contributed by atoms with Crippen molar-refractivity contribution in [3.05, 3.63) is 0 Å². The van der Waals surface area contributed by atoms with E-state index in [0.29, 0.717) is 0 Å². The van der Waals surface area contributed by atoms with Crippen molar-refractivity contribution >= 4 is 0 Å². The van der Waals surface area contributed by atoms with Crippen molar-refractivity contribution in [2.45, 2.75) is 57.7 Å². The second-order valence-electron chi connectivity index (χ2n) is 6.15. The molecule has 2 saturated heterocycles. The minimum atomic E-state index is 0.827. The Bertz CT molecular complexity index is 235. The number of likely N-dealkylation sites (tertiary alicyclic amines) is 1. The highest BCUT2D eigenvalue weighted by Crippen LogP contribution is 2.40. The van der Waals surface area contributed by atoms with Crippen molar-refractivity contribution in [3.8, 4) is 0 Å². The van der Waals surface area contributed by atoms with Crippen LogP contribution in [0.4, 0.5) is 0 Å². The Morgan fingerprint density at radius 2 is 2.07 bits per heavy atom. The number of fused-ring (bicyclic) bond motifs is 1. The second kappa shape index (κ2) is 3.74. The van der Waals surface area contributed by atoms with Gasteiger partial charge in [-0.1, -0.05) is 13.8 Å². The lowest BCUT2D eigenvalue weighted by molar-refractivity contribution is 0.196. The smallest absolute Gasteiger partial charge is 0.0264 e. The molecule has 2 nitrogen and oxygen atoms in total. The zero-order valence-electron chi connectivity index (χ0n) is 10.1. The molecule has 0 amide bonds. The Morgan fingerprint density at radius 1 is 1.27 bits per heavy atom. The van der Waals surface area contributed by atoms with Crippen LogP contribution in [0, 0.1) is 11.8 Å². The SMILES string of the molecule is CC(C)CC1C2NCCC2CN1C1CC1. The van der Waals surface area contributed by atoms with Crippen molar-refractivity contribution in [1.29, 1.82) is 0 Å². The molecule has 2 heteroatoms. The molecule has 3 fully saturated rings. The lowest BCUT2D eigenvalue weighted by Crippen LogP contribution is -2.43. The van der Waals surface area contributed by atoms with Crippen molar-refractivity contribution in [2.24, 2.45) is 11.8 Å². The van der Waals surface area contributed by atoms with Crippen LogP contribution in [0.15, 0.2) is 0 Å². The largest absolute Gasteiger partial charge is 0.312 e. The van der Waals surface area contributed by atoms with Crippen molar-refractivity contribution in [3.63, 3.8) is 0 Å². The fourth-order valence-corrected chi connectivity index (χ4v) is 3.64. The average molecular weight is 208 g/mol. The molecular weight excluding hydrogens is 184 g/mol. The van der Waals surface area contributed by atoms with Crippen LogP contribution in [0.2, 0.25) is 0 Å². The fourth-order valence-electron chi connectivity index (χ4n) is 3.64. The highest BCUT2D eigenvalue weighted by atomic mass is 15.3. The van der Waals surface area contributed by atoms with E-state index >= 15 is 0 Å². The normalized spacial score (nSPS) is 41.4. The summed E-state index contributed by atoms with van der Waals surface area (Å²) in [4.78, 5) is 2.83. The summed E-state index contributed by atoms with van der Waals surface area (Å²) in [5, 5.41) is 3.74. The number of hydrogen-bond acceptors (Lipinski definition) is 2. The molecule has 0 aromatic heterocycles. The molecule has 2 heterocycles. The lowest BCUT2D eigenvalue weighted by atomic mass is 9.94. The van der Waals surface area contributed by atoms with Crippen LogP contribution < -0.4 is 5.32 Å². The minimum Gasteiger partial charge on any atom is -0.312 e. The first-order valence-electron chi connectivity index (χ1n) is 6.75.